The third kappa shape index (κ3) is 9.99. The Balaban J connectivity index is 1.88. The van der Waals surface area contributed by atoms with Crippen LogP contribution < -0.4 is 10.3 Å². The van der Waals surface area contributed by atoms with Crippen LogP contribution in [0, 0.1) is 0 Å². The van der Waals surface area contributed by atoms with E-state index in [1.807, 2.05) is 0 Å². The van der Waals surface area contributed by atoms with Crippen LogP contribution >= 0.6 is 0 Å². The van der Waals surface area contributed by atoms with Crippen molar-refractivity contribution in [1.29, 1.82) is 0 Å². The molecule has 3 nitrogen and oxygen atoms in total. The van der Waals surface area contributed by atoms with Crippen molar-refractivity contribution in [2.24, 2.45) is 5.73 Å². The maximum Gasteiger partial charge on any atom is 0.243 e. The first-order chi connectivity index (χ1) is 10.9. The molecule has 0 aliphatic heterocycles. The first-order valence-electron chi connectivity index (χ1n) is 9.61. The summed E-state index contributed by atoms with van der Waals surface area (Å²) in [5.41, 5.74) is 5.54. The lowest BCUT2D eigenvalue weighted by molar-refractivity contribution is -0.696. The van der Waals surface area contributed by atoms with Crippen molar-refractivity contribution in [3.8, 4) is 0 Å². The van der Waals surface area contributed by atoms with Gasteiger partial charge in [-0.15, -0.1) is 0 Å². The Morgan fingerprint density at radius 2 is 1.41 bits per heavy atom. The molecule has 3 heteroatoms. The predicted octanol–water partition coefficient (Wildman–Crippen LogP) is 4.44. The standard InChI is InChI=1S/C19H38N3/c1-2-3-4-5-6-7-8-9-10-11-12-15-21-17-18-22(19-21)16-13-14-20/h17-19H,2-16,20H2,1H3/q+1. The summed E-state index contributed by atoms with van der Waals surface area (Å²) in [5.74, 6) is 0. The van der Waals surface area contributed by atoms with Gasteiger partial charge in [0.1, 0.15) is 12.4 Å². The van der Waals surface area contributed by atoms with Crippen molar-refractivity contribution in [1.82, 2.24) is 4.57 Å². The third-order valence-corrected chi connectivity index (χ3v) is 4.39. The second-order valence-corrected chi connectivity index (χ2v) is 6.57. The second kappa shape index (κ2) is 13.8. The molecule has 0 saturated heterocycles. The molecule has 22 heavy (non-hydrogen) atoms. The van der Waals surface area contributed by atoms with E-state index < -0.39 is 0 Å². The monoisotopic (exact) mass is 308 g/mol. The summed E-state index contributed by atoms with van der Waals surface area (Å²) >= 11 is 0. The number of aryl methyl sites for hydroxylation is 2. The molecule has 2 N–H and O–H groups in total. The zero-order valence-corrected chi connectivity index (χ0v) is 14.8. The van der Waals surface area contributed by atoms with Crippen LogP contribution in [-0.4, -0.2) is 11.1 Å². The van der Waals surface area contributed by atoms with E-state index in [-0.39, 0.29) is 0 Å². The number of hydrogen-bond donors (Lipinski definition) is 1. The van der Waals surface area contributed by atoms with Gasteiger partial charge in [0.2, 0.25) is 6.33 Å². The molecule has 128 valence electrons. The molecule has 0 aliphatic rings. The highest BCUT2D eigenvalue weighted by Gasteiger charge is 2.02. The summed E-state index contributed by atoms with van der Waals surface area (Å²) in [5, 5.41) is 0. The van der Waals surface area contributed by atoms with Gasteiger partial charge >= 0.3 is 0 Å². The van der Waals surface area contributed by atoms with Gasteiger partial charge in [-0.3, -0.25) is 0 Å². The smallest absolute Gasteiger partial charge is 0.243 e. The Labute approximate surface area is 137 Å². The summed E-state index contributed by atoms with van der Waals surface area (Å²) in [6.07, 6.45) is 23.1. The first kappa shape index (κ1) is 19.2. The lowest BCUT2D eigenvalue weighted by atomic mass is 10.1. The van der Waals surface area contributed by atoms with E-state index in [4.69, 9.17) is 5.73 Å². The Hall–Kier alpha value is -0.830. The van der Waals surface area contributed by atoms with Gasteiger partial charge in [-0.2, -0.15) is 0 Å². The van der Waals surface area contributed by atoms with Crippen LogP contribution in [-0.2, 0) is 13.1 Å². The Bertz CT molecular complexity index is 346. The zero-order chi connectivity index (χ0) is 15.9. The molecule has 0 bridgehead atoms. The normalized spacial score (nSPS) is 11.2. The van der Waals surface area contributed by atoms with Crippen LogP contribution in [0.5, 0.6) is 0 Å². The van der Waals surface area contributed by atoms with Gasteiger partial charge in [-0.05, 0) is 25.8 Å². The average Bonchev–Trinajstić information content (AvgIpc) is 2.98. The molecule has 1 rings (SSSR count). The summed E-state index contributed by atoms with van der Waals surface area (Å²) in [6, 6.07) is 0. The maximum absolute atomic E-state index is 5.54. The van der Waals surface area contributed by atoms with Crippen LogP contribution in [0.25, 0.3) is 0 Å². The lowest BCUT2D eigenvalue weighted by Crippen LogP contribution is -2.32. The fourth-order valence-electron chi connectivity index (χ4n) is 2.94. The van der Waals surface area contributed by atoms with E-state index in [1.165, 1.54) is 70.6 Å². The minimum Gasteiger partial charge on any atom is -0.330 e. The summed E-state index contributed by atoms with van der Waals surface area (Å²) < 4.78 is 4.55. The molecule has 0 aliphatic carbocycles. The average molecular weight is 309 g/mol. The zero-order valence-electron chi connectivity index (χ0n) is 14.8. The van der Waals surface area contributed by atoms with Crippen LogP contribution in [0.3, 0.4) is 0 Å². The quantitative estimate of drug-likeness (QED) is 0.377. The maximum atomic E-state index is 5.54. The summed E-state index contributed by atoms with van der Waals surface area (Å²) in [6.45, 7) is 5.26. The largest absolute Gasteiger partial charge is 0.330 e. The van der Waals surface area contributed by atoms with Gasteiger partial charge in [0, 0.05) is 0 Å². The van der Waals surface area contributed by atoms with E-state index in [0.717, 1.165) is 26.1 Å². The highest BCUT2D eigenvalue weighted by atomic mass is 15.1. The van der Waals surface area contributed by atoms with Gasteiger partial charge in [-0.1, -0.05) is 64.7 Å². The molecule has 0 saturated carbocycles. The van der Waals surface area contributed by atoms with Crippen molar-refractivity contribution in [2.75, 3.05) is 6.54 Å². The fourth-order valence-corrected chi connectivity index (χ4v) is 2.94. The van der Waals surface area contributed by atoms with Crippen LogP contribution in [0.2, 0.25) is 0 Å². The van der Waals surface area contributed by atoms with Crippen molar-refractivity contribution >= 4 is 0 Å². The Morgan fingerprint density at radius 1 is 0.818 bits per heavy atom. The van der Waals surface area contributed by atoms with Gasteiger partial charge in [0.25, 0.3) is 0 Å². The van der Waals surface area contributed by atoms with Crippen LogP contribution in [0.4, 0.5) is 0 Å². The molecule has 0 aromatic carbocycles. The number of aromatic nitrogens is 2. The highest BCUT2D eigenvalue weighted by Crippen LogP contribution is 2.11. The van der Waals surface area contributed by atoms with Gasteiger partial charge < -0.3 is 5.73 Å². The molecular weight excluding hydrogens is 270 g/mol. The SMILES string of the molecule is CCCCCCCCCCCCCn1cc[n+](CCCN)c1. The van der Waals surface area contributed by atoms with Crippen molar-refractivity contribution in [2.45, 2.75) is 97.1 Å². The lowest BCUT2D eigenvalue weighted by Gasteiger charge is -2.02. The number of hydrogen-bond acceptors (Lipinski definition) is 1. The Kier molecular flexibility index (Phi) is 12.1. The van der Waals surface area contributed by atoms with E-state index >= 15 is 0 Å². The number of nitrogens with zero attached hydrogens (tertiary/aromatic N) is 2. The summed E-state index contributed by atoms with van der Waals surface area (Å²) in [4.78, 5) is 0. The fraction of sp³-hybridized carbons (Fsp3) is 0.842. The van der Waals surface area contributed by atoms with Crippen LogP contribution in [0.1, 0.15) is 84.0 Å². The number of nitrogens with two attached hydrogens (primary N) is 1. The van der Waals surface area contributed by atoms with Crippen molar-refractivity contribution in [3.63, 3.8) is 0 Å². The molecule has 0 amide bonds. The van der Waals surface area contributed by atoms with Crippen molar-refractivity contribution in [3.05, 3.63) is 18.7 Å². The van der Waals surface area contributed by atoms with Gasteiger partial charge in [-0.25, -0.2) is 9.13 Å². The molecule has 1 aromatic heterocycles. The number of unbranched alkanes of at least 4 members (excludes halogenated alkanes) is 10. The molecule has 0 atom stereocenters. The molecular formula is C19H38N3+. The molecule has 0 radical (unpaired) electrons. The molecule has 1 heterocycles. The molecule has 0 spiro atoms. The second-order valence-electron chi connectivity index (χ2n) is 6.57. The van der Waals surface area contributed by atoms with Crippen molar-refractivity contribution < 1.29 is 4.57 Å². The number of imidazole rings is 1. The third-order valence-electron chi connectivity index (χ3n) is 4.39. The minimum absolute atomic E-state index is 0.775. The van der Waals surface area contributed by atoms with E-state index in [0.29, 0.717) is 0 Å². The van der Waals surface area contributed by atoms with Gasteiger partial charge in [0.05, 0.1) is 13.1 Å². The van der Waals surface area contributed by atoms with E-state index in [1.54, 1.807) is 0 Å². The van der Waals surface area contributed by atoms with E-state index in [9.17, 15) is 0 Å². The van der Waals surface area contributed by atoms with Crippen LogP contribution in [0.15, 0.2) is 18.7 Å². The molecule has 1 aromatic rings. The van der Waals surface area contributed by atoms with Gasteiger partial charge in [0.15, 0.2) is 0 Å². The summed E-state index contributed by atoms with van der Waals surface area (Å²) in [7, 11) is 0. The Morgan fingerprint density at radius 3 is 2.00 bits per heavy atom. The molecule has 0 fully saturated rings. The minimum atomic E-state index is 0.775. The topological polar surface area (TPSA) is 34.8 Å². The number of rotatable bonds is 15. The highest BCUT2D eigenvalue weighted by molar-refractivity contribution is 4.66. The predicted molar refractivity (Wildman–Crippen MR) is 94.8 cm³/mol. The molecule has 0 unspecified atom stereocenters. The van der Waals surface area contributed by atoms with E-state index in [2.05, 4.69) is 34.8 Å². The first-order valence-corrected chi connectivity index (χ1v) is 9.61.